The molecule has 0 radical (unpaired) electrons. The van der Waals surface area contributed by atoms with Crippen LogP contribution in [0.25, 0.3) is 0 Å². The second-order valence-electron chi connectivity index (χ2n) is 5.22. The number of rotatable bonds is 3. The van der Waals surface area contributed by atoms with Crippen molar-refractivity contribution in [3.63, 3.8) is 0 Å². The molecule has 2 heterocycles. The predicted octanol–water partition coefficient (Wildman–Crippen LogP) is 2.15. The summed E-state index contributed by atoms with van der Waals surface area (Å²) in [6.45, 7) is 0.352. The molecule has 1 unspecified atom stereocenters. The number of anilines is 2. The molecule has 2 N–H and O–H groups in total. The summed E-state index contributed by atoms with van der Waals surface area (Å²) in [6, 6.07) is 8.44. The Morgan fingerprint density at radius 3 is 2.74 bits per heavy atom. The van der Waals surface area contributed by atoms with Gasteiger partial charge >= 0.3 is 6.03 Å². The number of benzene rings is 1. The Labute approximate surface area is 132 Å². The molecule has 1 aliphatic rings. The van der Waals surface area contributed by atoms with Crippen LogP contribution in [0.3, 0.4) is 0 Å². The van der Waals surface area contributed by atoms with E-state index in [-0.39, 0.29) is 24.2 Å². The Balaban J connectivity index is 1.59. The molecule has 1 atom stereocenters. The summed E-state index contributed by atoms with van der Waals surface area (Å²) >= 11 is 0. The largest absolute Gasteiger partial charge is 0.333 e. The van der Waals surface area contributed by atoms with Crippen LogP contribution in [-0.2, 0) is 4.79 Å². The van der Waals surface area contributed by atoms with Crippen LogP contribution in [0, 0.1) is 5.82 Å². The smallest absolute Gasteiger partial charge is 0.319 e. The van der Waals surface area contributed by atoms with Gasteiger partial charge in [0.05, 0.1) is 17.9 Å². The van der Waals surface area contributed by atoms with Crippen LogP contribution < -0.4 is 15.5 Å². The standard InChI is InChI=1S/C16H15FN4O2/c17-11-3-5-14(6-4-11)21-10-13(8-15(21)22)20-16(23)19-12-2-1-7-18-9-12/h1-7,9,13H,8,10H2,(H2,19,20,23). The average molecular weight is 314 g/mol. The molecule has 118 valence electrons. The molecule has 1 aromatic heterocycles. The highest BCUT2D eigenvalue weighted by Gasteiger charge is 2.31. The molecule has 3 amide bonds. The fourth-order valence-electron chi connectivity index (χ4n) is 2.46. The lowest BCUT2D eigenvalue weighted by Gasteiger charge is -2.17. The van der Waals surface area contributed by atoms with E-state index >= 15 is 0 Å². The Hall–Kier alpha value is -2.96. The topological polar surface area (TPSA) is 74.3 Å². The summed E-state index contributed by atoms with van der Waals surface area (Å²) in [5.41, 5.74) is 1.19. The van der Waals surface area contributed by atoms with Gasteiger partial charge in [-0.2, -0.15) is 0 Å². The van der Waals surface area contributed by atoms with Gasteiger partial charge in [0.2, 0.25) is 5.91 Å². The number of hydrogen-bond donors (Lipinski definition) is 2. The zero-order valence-corrected chi connectivity index (χ0v) is 12.2. The van der Waals surface area contributed by atoms with Crippen molar-refractivity contribution in [1.29, 1.82) is 0 Å². The quantitative estimate of drug-likeness (QED) is 0.911. The Morgan fingerprint density at radius 1 is 1.26 bits per heavy atom. The third-order valence-electron chi connectivity index (χ3n) is 3.52. The minimum atomic E-state index is -0.392. The molecule has 3 rings (SSSR count). The molecule has 1 saturated heterocycles. The van der Waals surface area contributed by atoms with Crippen molar-refractivity contribution in [2.24, 2.45) is 0 Å². The molecule has 0 saturated carbocycles. The second kappa shape index (κ2) is 6.43. The number of hydrogen-bond acceptors (Lipinski definition) is 3. The molecule has 0 bridgehead atoms. The van der Waals surface area contributed by atoms with Crippen molar-refractivity contribution in [2.75, 3.05) is 16.8 Å². The maximum absolute atomic E-state index is 13.0. The first-order chi connectivity index (χ1) is 11.1. The first-order valence-corrected chi connectivity index (χ1v) is 7.15. The number of urea groups is 1. The van der Waals surface area contributed by atoms with E-state index < -0.39 is 6.03 Å². The van der Waals surface area contributed by atoms with E-state index in [1.165, 1.54) is 23.2 Å². The zero-order valence-electron chi connectivity index (χ0n) is 12.2. The van der Waals surface area contributed by atoms with Crippen LogP contribution in [0.15, 0.2) is 48.8 Å². The lowest BCUT2D eigenvalue weighted by Crippen LogP contribution is -2.39. The SMILES string of the molecule is O=C(Nc1cccnc1)NC1CC(=O)N(c2ccc(F)cc2)C1. The molecule has 2 aromatic rings. The molecule has 23 heavy (non-hydrogen) atoms. The number of amides is 3. The van der Waals surface area contributed by atoms with Crippen molar-refractivity contribution in [2.45, 2.75) is 12.5 Å². The Morgan fingerprint density at radius 2 is 2.04 bits per heavy atom. The lowest BCUT2D eigenvalue weighted by molar-refractivity contribution is -0.117. The van der Waals surface area contributed by atoms with Gasteiger partial charge in [-0.15, -0.1) is 0 Å². The minimum absolute atomic E-state index is 0.108. The summed E-state index contributed by atoms with van der Waals surface area (Å²) in [7, 11) is 0. The molecular weight excluding hydrogens is 299 g/mol. The van der Waals surface area contributed by atoms with Gasteiger partial charge in [0, 0.05) is 24.8 Å². The summed E-state index contributed by atoms with van der Waals surface area (Å²) in [6.07, 6.45) is 3.35. The monoisotopic (exact) mass is 314 g/mol. The normalized spacial score (nSPS) is 17.2. The van der Waals surface area contributed by atoms with Gasteiger partial charge in [-0.05, 0) is 36.4 Å². The summed E-state index contributed by atoms with van der Waals surface area (Å²) in [4.78, 5) is 29.4. The third kappa shape index (κ3) is 3.63. The fraction of sp³-hybridized carbons (Fsp3) is 0.188. The van der Waals surface area contributed by atoms with E-state index in [9.17, 15) is 14.0 Å². The van der Waals surface area contributed by atoms with Crippen LogP contribution in [-0.4, -0.2) is 29.5 Å². The first-order valence-electron chi connectivity index (χ1n) is 7.15. The van der Waals surface area contributed by atoms with Crippen LogP contribution in [0.2, 0.25) is 0 Å². The summed E-state index contributed by atoms with van der Waals surface area (Å²) < 4.78 is 13.0. The maximum atomic E-state index is 13.0. The van der Waals surface area contributed by atoms with Crippen molar-refractivity contribution in [3.05, 3.63) is 54.6 Å². The van der Waals surface area contributed by atoms with Gasteiger partial charge in [0.1, 0.15) is 5.82 Å². The van der Waals surface area contributed by atoms with Gasteiger partial charge in [-0.25, -0.2) is 9.18 Å². The van der Waals surface area contributed by atoms with E-state index in [0.29, 0.717) is 17.9 Å². The average Bonchev–Trinajstić information content (AvgIpc) is 2.89. The van der Waals surface area contributed by atoms with E-state index in [4.69, 9.17) is 0 Å². The molecule has 6 nitrogen and oxygen atoms in total. The van der Waals surface area contributed by atoms with E-state index in [1.807, 2.05) is 0 Å². The highest BCUT2D eigenvalue weighted by molar-refractivity contribution is 5.97. The van der Waals surface area contributed by atoms with Crippen molar-refractivity contribution < 1.29 is 14.0 Å². The van der Waals surface area contributed by atoms with Gasteiger partial charge < -0.3 is 15.5 Å². The molecule has 0 spiro atoms. The van der Waals surface area contributed by atoms with Gasteiger partial charge in [0.15, 0.2) is 0 Å². The number of nitrogens with zero attached hydrogens (tertiary/aromatic N) is 2. The van der Waals surface area contributed by atoms with Crippen LogP contribution >= 0.6 is 0 Å². The van der Waals surface area contributed by atoms with Crippen molar-refractivity contribution in [3.8, 4) is 0 Å². The third-order valence-corrected chi connectivity index (χ3v) is 3.52. The van der Waals surface area contributed by atoms with Crippen LogP contribution in [0.5, 0.6) is 0 Å². The molecular formula is C16H15FN4O2. The molecule has 1 fully saturated rings. The van der Waals surface area contributed by atoms with Crippen LogP contribution in [0.4, 0.5) is 20.6 Å². The zero-order chi connectivity index (χ0) is 16.2. The second-order valence-corrected chi connectivity index (χ2v) is 5.22. The number of nitrogens with one attached hydrogen (secondary N) is 2. The van der Waals surface area contributed by atoms with Gasteiger partial charge in [-0.3, -0.25) is 9.78 Å². The van der Waals surface area contributed by atoms with Crippen molar-refractivity contribution in [1.82, 2.24) is 10.3 Å². The lowest BCUT2D eigenvalue weighted by atomic mass is 10.2. The minimum Gasteiger partial charge on any atom is -0.333 e. The first kappa shape index (κ1) is 15.0. The van der Waals surface area contributed by atoms with E-state index in [0.717, 1.165) is 0 Å². The Bertz CT molecular complexity index is 706. The fourth-order valence-corrected chi connectivity index (χ4v) is 2.46. The summed E-state index contributed by atoms with van der Waals surface area (Å²) in [5, 5.41) is 5.41. The number of carbonyl (C=O) groups excluding carboxylic acids is 2. The predicted molar refractivity (Wildman–Crippen MR) is 83.5 cm³/mol. The van der Waals surface area contributed by atoms with Crippen LogP contribution in [0.1, 0.15) is 6.42 Å². The molecule has 0 aliphatic carbocycles. The highest BCUT2D eigenvalue weighted by Crippen LogP contribution is 2.21. The summed E-state index contributed by atoms with van der Waals surface area (Å²) in [5.74, 6) is -0.464. The Kier molecular flexibility index (Phi) is 4.18. The van der Waals surface area contributed by atoms with E-state index in [2.05, 4.69) is 15.6 Å². The van der Waals surface area contributed by atoms with Gasteiger partial charge in [0.25, 0.3) is 0 Å². The highest BCUT2D eigenvalue weighted by atomic mass is 19.1. The maximum Gasteiger partial charge on any atom is 0.319 e. The van der Waals surface area contributed by atoms with E-state index in [1.54, 1.807) is 30.5 Å². The number of pyridine rings is 1. The van der Waals surface area contributed by atoms with Crippen molar-refractivity contribution >= 4 is 23.3 Å². The number of aromatic nitrogens is 1. The number of halogens is 1. The number of carbonyl (C=O) groups is 2. The molecule has 7 heteroatoms. The van der Waals surface area contributed by atoms with Gasteiger partial charge in [-0.1, -0.05) is 0 Å². The molecule has 1 aromatic carbocycles. The molecule has 1 aliphatic heterocycles.